The summed E-state index contributed by atoms with van der Waals surface area (Å²) in [6.07, 6.45) is 2.67. The van der Waals surface area contributed by atoms with Crippen LogP contribution in [0.3, 0.4) is 0 Å². The molecule has 30 heavy (non-hydrogen) atoms. The van der Waals surface area contributed by atoms with Crippen LogP contribution >= 0.6 is 0 Å². The lowest BCUT2D eigenvalue weighted by Gasteiger charge is -2.16. The molecule has 2 amide bonds. The van der Waals surface area contributed by atoms with Gasteiger partial charge in [0.05, 0.1) is 11.2 Å². The van der Waals surface area contributed by atoms with E-state index in [9.17, 15) is 19.7 Å². The summed E-state index contributed by atoms with van der Waals surface area (Å²) in [4.78, 5) is 36.2. The van der Waals surface area contributed by atoms with Gasteiger partial charge in [0.25, 0.3) is 17.5 Å². The first kappa shape index (κ1) is 20.2. The summed E-state index contributed by atoms with van der Waals surface area (Å²) in [5, 5.41) is 18.1. The fraction of sp³-hybridized carbons (Fsp3) is 0. The summed E-state index contributed by atoms with van der Waals surface area (Å²) in [7, 11) is 0. The molecule has 2 aromatic carbocycles. The van der Waals surface area contributed by atoms with Crippen LogP contribution in [0.5, 0.6) is 0 Å². The van der Waals surface area contributed by atoms with Gasteiger partial charge < -0.3 is 9.73 Å². The molecule has 0 spiro atoms. The second kappa shape index (κ2) is 9.11. The highest BCUT2D eigenvalue weighted by Gasteiger charge is 2.23. The Kier molecular flexibility index (Phi) is 6.14. The van der Waals surface area contributed by atoms with E-state index in [4.69, 9.17) is 4.42 Å². The van der Waals surface area contributed by atoms with E-state index in [1.807, 2.05) is 0 Å². The molecular weight excluding hydrogens is 388 g/mol. The molecule has 9 heteroatoms. The molecule has 0 unspecified atom stereocenters. The fourth-order valence-electron chi connectivity index (χ4n) is 2.57. The Bertz CT molecular complexity index is 1110. The van der Waals surface area contributed by atoms with E-state index in [-0.39, 0.29) is 17.3 Å². The number of carbonyl (C=O) groups is 2. The standard InChI is InChI=1S/C21H16N4O5/c1-22-24(19-11-6-12-30-19)21(27)18(23-20(26)16-8-3-2-4-9-16)14-15-7-5-10-17(13-15)25(28)29/h2-14H,1H2,(H,23,26)/b18-14-. The number of hydrazone groups is 1. The molecule has 1 heterocycles. The molecule has 0 radical (unpaired) electrons. The van der Waals surface area contributed by atoms with E-state index in [0.717, 1.165) is 5.01 Å². The molecule has 0 saturated heterocycles. The SMILES string of the molecule is C=NN(C(=O)/C(=C/c1cccc([N+](=O)[O-])c1)NC(=O)c1ccccc1)c1ccco1. The topological polar surface area (TPSA) is 118 Å². The number of furan rings is 1. The molecule has 3 aromatic rings. The summed E-state index contributed by atoms with van der Waals surface area (Å²) < 4.78 is 5.19. The Morgan fingerprint density at radius 2 is 1.87 bits per heavy atom. The van der Waals surface area contributed by atoms with E-state index in [1.165, 1.54) is 36.6 Å². The minimum absolute atomic E-state index is 0.0916. The molecule has 1 N–H and O–H groups in total. The van der Waals surface area contributed by atoms with Crippen LogP contribution in [0.2, 0.25) is 0 Å². The van der Waals surface area contributed by atoms with Crippen molar-refractivity contribution in [1.29, 1.82) is 0 Å². The number of hydrogen-bond acceptors (Lipinski definition) is 6. The Morgan fingerprint density at radius 1 is 1.10 bits per heavy atom. The lowest BCUT2D eigenvalue weighted by atomic mass is 10.1. The number of nitro benzene ring substituents is 1. The number of carbonyl (C=O) groups excluding carboxylic acids is 2. The largest absolute Gasteiger partial charge is 0.447 e. The maximum absolute atomic E-state index is 13.1. The zero-order valence-electron chi connectivity index (χ0n) is 15.6. The molecule has 9 nitrogen and oxygen atoms in total. The highest BCUT2D eigenvalue weighted by atomic mass is 16.6. The number of amides is 2. The van der Waals surface area contributed by atoms with E-state index < -0.39 is 16.7 Å². The summed E-state index contributed by atoms with van der Waals surface area (Å²) in [5.41, 5.74) is 0.332. The van der Waals surface area contributed by atoms with E-state index in [1.54, 1.807) is 42.5 Å². The van der Waals surface area contributed by atoms with Crippen LogP contribution in [0.1, 0.15) is 15.9 Å². The van der Waals surface area contributed by atoms with Gasteiger partial charge >= 0.3 is 0 Å². The molecular formula is C21H16N4O5. The second-order valence-corrected chi connectivity index (χ2v) is 5.94. The minimum Gasteiger partial charge on any atom is -0.447 e. The van der Waals surface area contributed by atoms with Gasteiger partial charge in [0.15, 0.2) is 0 Å². The summed E-state index contributed by atoms with van der Waals surface area (Å²) >= 11 is 0. The van der Waals surface area contributed by atoms with Crippen molar-refractivity contribution < 1.29 is 18.9 Å². The van der Waals surface area contributed by atoms with Gasteiger partial charge in [-0.15, -0.1) is 0 Å². The average Bonchev–Trinajstić information content (AvgIpc) is 3.29. The summed E-state index contributed by atoms with van der Waals surface area (Å²) in [6, 6.07) is 17.0. The monoisotopic (exact) mass is 404 g/mol. The Balaban J connectivity index is 2.00. The van der Waals surface area contributed by atoms with Crippen molar-refractivity contribution in [2.45, 2.75) is 0 Å². The second-order valence-electron chi connectivity index (χ2n) is 5.94. The van der Waals surface area contributed by atoms with Gasteiger partial charge in [-0.1, -0.05) is 30.3 Å². The van der Waals surface area contributed by atoms with Gasteiger partial charge in [0.2, 0.25) is 5.88 Å². The summed E-state index contributed by atoms with van der Waals surface area (Å²) in [6.45, 7) is 3.37. The van der Waals surface area contributed by atoms with Crippen LogP contribution < -0.4 is 10.3 Å². The third-order valence-electron chi connectivity index (χ3n) is 3.96. The van der Waals surface area contributed by atoms with E-state index in [2.05, 4.69) is 17.1 Å². The number of nitrogens with zero attached hydrogens (tertiary/aromatic N) is 3. The number of nitrogens with one attached hydrogen (secondary N) is 1. The predicted octanol–water partition coefficient (Wildman–Crippen LogP) is 3.61. The van der Waals surface area contributed by atoms with Gasteiger partial charge in [-0.05, 0) is 29.8 Å². The maximum Gasteiger partial charge on any atom is 0.297 e. The van der Waals surface area contributed by atoms with Crippen molar-refractivity contribution in [3.8, 4) is 0 Å². The van der Waals surface area contributed by atoms with Crippen LogP contribution in [0.25, 0.3) is 6.08 Å². The molecule has 3 rings (SSSR count). The van der Waals surface area contributed by atoms with Gasteiger partial charge in [-0.3, -0.25) is 19.7 Å². The van der Waals surface area contributed by atoms with Crippen molar-refractivity contribution in [3.05, 3.63) is 99.9 Å². The molecule has 1 aromatic heterocycles. The molecule has 0 fully saturated rings. The molecule has 0 aliphatic rings. The van der Waals surface area contributed by atoms with Crippen LogP contribution in [0, 0.1) is 10.1 Å². The van der Waals surface area contributed by atoms with Crippen molar-refractivity contribution in [3.63, 3.8) is 0 Å². The van der Waals surface area contributed by atoms with Gasteiger partial charge in [0.1, 0.15) is 5.70 Å². The van der Waals surface area contributed by atoms with Gasteiger partial charge in [0, 0.05) is 30.5 Å². The van der Waals surface area contributed by atoms with Crippen LogP contribution in [-0.2, 0) is 4.79 Å². The fourth-order valence-corrected chi connectivity index (χ4v) is 2.57. The number of rotatable bonds is 7. The quantitative estimate of drug-likeness (QED) is 0.279. The number of non-ortho nitro benzene ring substituents is 1. The zero-order chi connectivity index (χ0) is 21.5. The molecule has 0 aliphatic heterocycles. The first-order valence-electron chi connectivity index (χ1n) is 8.67. The molecule has 0 aliphatic carbocycles. The van der Waals surface area contributed by atoms with Crippen LogP contribution in [0.4, 0.5) is 11.6 Å². The first-order valence-corrected chi connectivity index (χ1v) is 8.67. The van der Waals surface area contributed by atoms with Crippen molar-refractivity contribution in [2.75, 3.05) is 5.01 Å². The highest BCUT2D eigenvalue weighted by molar-refractivity contribution is 6.11. The number of anilines is 1. The smallest absolute Gasteiger partial charge is 0.297 e. The number of nitro groups is 1. The van der Waals surface area contributed by atoms with Crippen LogP contribution in [-0.4, -0.2) is 23.5 Å². The van der Waals surface area contributed by atoms with Crippen LogP contribution in [0.15, 0.2) is 88.2 Å². The van der Waals surface area contributed by atoms with Gasteiger partial charge in [-0.2, -0.15) is 10.1 Å². The zero-order valence-corrected chi connectivity index (χ0v) is 15.6. The Labute approximate surface area is 171 Å². The average molecular weight is 404 g/mol. The van der Waals surface area contributed by atoms with Crippen molar-refractivity contribution >= 4 is 36.2 Å². The first-order chi connectivity index (χ1) is 14.5. The molecule has 0 bridgehead atoms. The lowest BCUT2D eigenvalue weighted by Crippen LogP contribution is -2.35. The van der Waals surface area contributed by atoms with Crippen molar-refractivity contribution in [1.82, 2.24) is 5.32 Å². The third-order valence-corrected chi connectivity index (χ3v) is 3.96. The number of benzene rings is 2. The highest BCUT2D eigenvalue weighted by Crippen LogP contribution is 2.20. The Morgan fingerprint density at radius 3 is 2.50 bits per heavy atom. The predicted molar refractivity (Wildman–Crippen MR) is 111 cm³/mol. The molecule has 150 valence electrons. The number of hydrogen-bond donors (Lipinski definition) is 1. The van der Waals surface area contributed by atoms with Crippen molar-refractivity contribution in [2.24, 2.45) is 5.10 Å². The van der Waals surface area contributed by atoms with Gasteiger partial charge in [-0.25, -0.2) is 0 Å². The minimum atomic E-state index is -0.740. The molecule has 0 saturated carbocycles. The normalized spacial score (nSPS) is 10.9. The summed E-state index contributed by atoms with van der Waals surface area (Å²) in [5.74, 6) is -1.19. The van der Waals surface area contributed by atoms with E-state index in [0.29, 0.717) is 11.1 Å². The molecule has 0 atom stereocenters. The maximum atomic E-state index is 13.1. The lowest BCUT2D eigenvalue weighted by molar-refractivity contribution is -0.384. The third kappa shape index (κ3) is 4.65. The van der Waals surface area contributed by atoms with E-state index >= 15 is 0 Å². The Hall–Kier alpha value is -4.53.